The summed E-state index contributed by atoms with van der Waals surface area (Å²) in [5.74, 6) is 0.176. The van der Waals surface area contributed by atoms with Crippen molar-refractivity contribution in [1.82, 2.24) is 4.98 Å². The zero-order valence-corrected chi connectivity index (χ0v) is 11.1. The lowest BCUT2D eigenvalue weighted by atomic mass is 9.76. The van der Waals surface area contributed by atoms with Gasteiger partial charge in [-0.3, -0.25) is 4.79 Å². The van der Waals surface area contributed by atoms with E-state index in [4.69, 9.17) is 4.74 Å². The third-order valence-corrected chi connectivity index (χ3v) is 4.75. The van der Waals surface area contributed by atoms with Crippen molar-refractivity contribution in [3.63, 3.8) is 0 Å². The SMILES string of the molecule is COC1(C(=O)Cc2nc3ccccc3s2)CCC1. The highest BCUT2D eigenvalue weighted by atomic mass is 32.1. The first-order valence-corrected chi connectivity index (χ1v) is 6.98. The van der Waals surface area contributed by atoms with Crippen molar-refractivity contribution in [2.45, 2.75) is 31.3 Å². The molecule has 0 N–H and O–H groups in total. The van der Waals surface area contributed by atoms with Crippen molar-refractivity contribution >= 4 is 27.3 Å². The first-order chi connectivity index (χ1) is 8.73. The summed E-state index contributed by atoms with van der Waals surface area (Å²) in [6.45, 7) is 0. The summed E-state index contributed by atoms with van der Waals surface area (Å²) in [4.78, 5) is 16.8. The molecule has 2 aromatic rings. The first kappa shape index (κ1) is 11.8. The van der Waals surface area contributed by atoms with E-state index in [2.05, 4.69) is 4.98 Å². The van der Waals surface area contributed by atoms with Crippen LogP contribution < -0.4 is 0 Å². The van der Waals surface area contributed by atoms with Crippen LogP contribution in [0.3, 0.4) is 0 Å². The average molecular weight is 261 g/mol. The van der Waals surface area contributed by atoms with Crippen LogP contribution >= 0.6 is 11.3 Å². The molecule has 1 aromatic heterocycles. The summed E-state index contributed by atoms with van der Waals surface area (Å²) in [5, 5.41) is 0.893. The smallest absolute Gasteiger partial charge is 0.171 e. The van der Waals surface area contributed by atoms with Gasteiger partial charge in [0.25, 0.3) is 0 Å². The Morgan fingerprint density at radius 3 is 2.83 bits per heavy atom. The summed E-state index contributed by atoms with van der Waals surface area (Å²) in [5.41, 5.74) is 0.461. The number of carbonyl (C=O) groups excluding carboxylic acids is 1. The Labute approximate surface area is 110 Å². The number of ether oxygens (including phenoxy) is 1. The third kappa shape index (κ3) is 1.85. The molecule has 3 nitrogen and oxygen atoms in total. The molecular weight excluding hydrogens is 246 g/mol. The average Bonchev–Trinajstić information content (AvgIpc) is 2.70. The predicted molar refractivity (Wildman–Crippen MR) is 71.9 cm³/mol. The first-order valence-electron chi connectivity index (χ1n) is 6.16. The molecule has 1 heterocycles. The number of fused-ring (bicyclic) bond motifs is 1. The van der Waals surface area contributed by atoms with E-state index in [0.717, 1.165) is 34.5 Å². The van der Waals surface area contributed by atoms with Crippen molar-refractivity contribution in [3.8, 4) is 0 Å². The third-order valence-electron chi connectivity index (χ3n) is 3.71. The maximum absolute atomic E-state index is 12.3. The Bertz CT molecular complexity index is 548. The number of hydrogen-bond donors (Lipinski definition) is 0. The van der Waals surface area contributed by atoms with Gasteiger partial charge in [0.05, 0.1) is 16.6 Å². The number of aromatic nitrogens is 1. The molecule has 3 rings (SSSR count). The zero-order chi connectivity index (χ0) is 12.6. The van der Waals surface area contributed by atoms with Crippen LogP contribution in [0.25, 0.3) is 10.2 Å². The number of para-hydroxylation sites is 1. The Morgan fingerprint density at radius 1 is 1.44 bits per heavy atom. The number of rotatable bonds is 4. The molecule has 0 atom stereocenters. The molecule has 1 aliphatic carbocycles. The molecule has 1 fully saturated rings. The quantitative estimate of drug-likeness (QED) is 0.849. The molecule has 0 spiro atoms. The van der Waals surface area contributed by atoms with Gasteiger partial charge >= 0.3 is 0 Å². The van der Waals surface area contributed by atoms with Crippen molar-refractivity contribution in [3.05, 3.63) is 29.3 Å². The molecular formula is C14H15NO2S. The molecule has 0 aliphatic heterocycles. The number of benzene rings is 1. The van der Waals surface area contributed by atoms with E-state index >= 15 is 0 Å². The number of methoxy groups -OCH3 is 1. The predicted octanol–water partition coefficient (Wildman–Crippen LogP) is 2.98. The fourth-order valence-corrected chi connectivity index (χ4v) is 3.35. The maximum Gasteiger partial charge on any atom is 0.171 e. The van der Waals surface area contributed by atoms with E-state index in [1.54, 1.807) is 18.4 Å². The molecule has 1 aliphatic rings. The second-order valence-electron chi connectivity index (χ2n) is 4.73. The molecule has 1 aromatic carbocycles. The minimum Gasteiger partial charge on any atom is -0.370 e. The van der Waals surface area contributed by atoms with Gasteiger partial charge in [-0.25, -0.2) is 4.98 Å². The van der Waals surface area contributed by atoms with E-state index in [1.807, 2.05) is 24.3 Å². The van der Waals surface area contributed by atoms with Crippen LogP contribution in [0.5, 0.6) is 0 Å². The van der Waals surface area contributed by atoms with Crippen LogP contribution in [0, 0.1) is 0 Å². The van der Waals surface area contributed by atoms with E-state index in [-0.39, 0.29) is 5.78 Å². The Balaban J connectivity index is 1.81. The molecule has 18 heavy (non-hydrogen) atoms. The van der Waals surface area contributed by atoms with E-state index in [1.165, 1.54) is 0 Å². The maximum atomic E-state index is 12.3. The van der Waals surface area contributed by atoms with Gasteiger partial charge in [-0.2, -0.15) is 0 Å². The van der Waals surface area contributed by atoms with E-state index in [9.17, 15) is 4.79 Å². The molecule has 0 bridgehead atoms. The number of nitrogens with zero attached hydrogens (tertiary/aromatic N) is 1. The fourth-order valence-electron chi connectivity index (χ4n) is 2.39. The molecule has 0 amide bonds. The Kier molecular flexibility index (Phi) is 2.92. The number of Topliss-reactive ketones (excluding diaryl/α,β-unsaturated/α-hetero) is 1. The number of carbonyl (C=O) groups is 1. The van der Waals surface area contributed by atoms with Crippen molar-refractivity contribution in [2.75, 3.05) is 7.11 Å². The molecule has 0 radical (unpaired) electrons. The van der Waals surface area contributed by atoms with Crippen LogP contribution in [-0.4, -0.2) is 23.5 Å². The molecule has 0 saturated heterocycles. The summed E-state index contributed by atoms with van der Waals surface area (Å²) >= 11 is 1.60. The van der Waals surface area contributed by atoms with Crippen LogP contribution in [0.15, 0.2) is 24.3 Å². The highest BCUT2D eigenvalue weighted by Gasteiger charge is 2.43. The van der Waals surface area contributed by atoms with E-state index < -0.39 is 5.60 Å². The lowest BCUT2D eigenvalue weighted by molar-refractivity contribution is -0.151. The Hall–Kier alpha value is -1.26. The minimum absolute atomic E-state index is 0.176. The number of hydrogen-bond acceptors (Lipinski definition) is 4. The summed E-state index contributed by atoms with van der Waals surface area (Å²) < 4.78 is 6.55. The van der Waals surface area contributed by atoms with E-state index in [0.29, 0.717) is 6.42 Å². The highest BCUT2D eigenvalue weighted by Crippen LogP contribution is 2.37. The topological polar surface area (TPSA) is 39.2 Å². The van der Waals surface area contributed by atoms with Gasteiger partial charge in [0.1, 0.15) is 10.6 Å². The van der Waals surface area contributed by atoms with Crippen molar-refractivity contribution in [1.29, 1.82) is 0 Å². The fraction of sp³-hybridized carbons (Fsp3) is 0.429. The zero-order valence-electron chi connectivity index (χ0n) is 10.3. The summed E-state index contributed by atoms with van der Waals surface area (Å²) in [6.07, 6.45) is 3.19. The minimum atomic E-state index is -0.516. The summed E-state index contributed by atoms with van der Waals surface area (Å²) in [6, 6.07) is 7.98. The van der Waals surface area contributed by atoms with Gasteiger partial charge in [-0.05, 0) is 31.4 Å². The standard InChI is InChI=1S/C14H15NO2S/c1-17-14(7-4-8-14)12(16)9-13-15-10-5-2-3-6-11(10)18-13/h2-3,5-6H,4,7-9H2,1H3. The van der Waals surface area contributed by atoms with Crippen molar-refractivity contribution in [2.24, 2.45) is 0 Å². The number of thiazole rings is 1. The van der Waals surface area contributed by atoms with Gasteiger partial charge in [0.15, 0.2) is 5.78 Å². The van der Waals surface area contributed by atoms with Crippen LogP contribution in [0.1, 0.15) is 24.3 Å². The molecule has 4 heteroatoms. The Morgan fingerprint density at radius 2 is 2.22 bits per heavy atom. The summed E-state index contributed by atoms with van der Waals surface area (Å²) in [7, 11) is 1.63. The van der Waals surface area contributed by atoms with Crippen LogP contribution in [0.4, 0.5) is 0 Å². The second-order valence-corrected chi connectivity index (χ2v) is 5.84. The van der Waals surface area contributed by atoms with Crippen molar-refractivity contribution < 1.29 is 9.53 Å². The molecule has 94 valence electrons. The van der Waals surface area contributed by atoms with Crippen LogP contribution in [-0.2, 0) is 16.0 Å². The molecule has 1 saturated carbocycles. The van der Waals surface area contributed by atoms with Gasteiger partial charge in [-0.1, -0.05) is 12.1 Å². The normalized spacial score (nSPS) is 17.6. The van der Waals surface area contributed by atoms with Gasteiger partial charge in [0.2, 0.25) is 0 Å². The molecule has 0 unspecified atom stereocenters. The van der Waals surface area contributed by atoms with Crippen LogP contribution in [0.2, 0.25) is 0 Å². The lowest BCUT2D eigenvalue weighted by Gasteiger charge is -2.38. The monoisotopic (exact) mass is 261 g/mol. The largest absolute Gasteiger partial charge is 0.370 e. The number of ketones is 1. The van der Waals surface area contributed by atoms with Gasteiger partial charge < -0.3 is 4.74 Å². The highest BCUT2D eigenvalue weighted by molar-refractivity contribution is 7.18. The van der Waals surface area contributed by atoms with Gasteiger partial charge in [0, 0.05) is 7.11 Å². The lowest BCUT2D eigenvalue weighted by Crippen LogP contribution is -2.47. The van der Waals surface area contributed by atoms with Gasteiger partial charge in [-0.15, -0.1) is 11.3 Å². The second kappa shape index (κ2) is 4.44.